The van der Waals surface area contributed by atoms with Crippen molar-refractivity contribution in [2.75, 3.05) is 0 Å². The van der Waals surface area contributed by atoms with Crippen LogP contribution in [-0.4, -0.2) is 15.0 Å². The fraction of sp³-hybridized carbons (Fsp3) is 0. The normalized spacial score (nSPS) is 11.6. The standard InChI is InChI=1S/C53H33N3/c1-3-15-35(16-4-1)51-54-52(36-17-5-2-6-18-36)56-53(55-51)40-22-12-21-39(33-40)49-42-23-8-7-14-34(42)28-29-43(49)38-20-11-19-37(32-38)41-30-31-48-45-25-10-9-24-44(45)47-27-13-26-46(41)50(47)48/h1-33H. The second-order valence-electron chi connectivity index (χ2n) is 14.3. The summed E-state index contributed by atoms with van der Waals surface area (Å²) >= 11 is 0. The number of fused-ring (bicyclic) bond motifs is 4. The van der Waals surface area contributed by atoms with Crippen LogP contribution in [0.1, 0.15) is 0 Å². The fourth-order valence-corrected chi connectivity index (χ4v) is 8.49. The van der Waals surface area contributed by atoms with Crippen LogP contribution in [0.4, 0.5) is 0 Å². The van der Waals surface area contributed by atoms with E-state index in [2.05, 4.69) is 140 Å². The van der Waals surface area contributed by atoms with Crippen LogP contribution in [0.3, 0.4) is 0 Å². The van der Waals surface area contributed by atoms with Gasteiger partial charge in [0.2, 0.25) is 0 Å². The van der Waals surface area contributed by atoms with Crippen molar-refractivity contribution in [2.45, 2.75) is 0 Å². The van der Waals surface area contributed by atoms with E-state index in [-0.39, 0.29) is 0 Å². The van der Waals surface area contributed by atoms with Gasteiger partial charge in [-0.2, -0.15) is 0 Å². The zero-order chi connectivity index (χ0) is 37.0. The number of hydrogen-bond donors (Lipinski definition) is 0. The molecule has 0 spiro atoms. The number of benzene rings is 9. The van der Waals surface area contributed by atoms with Gasteiger partial charge in [-0.25, -0.2) is 15.0 Å². The van der Waals surface area contributed by atoms with Gasteiger partial charge < -0.3 is 0 Å². The zero-order valence-electron chi connectivity index (χ0n) is 30.4. The number of hydrogen-bond acceptors (Lipinski definition) is 3. The average Bonchev–Trinajstić information content (AvgIpc) is 3.61. The third kappa shape index (κ3) is 5.32. The number of rotatable bonds is 6. The van der Waals surface area contributed by atoms with E-state index in [1.165, 1.54) is 66.1 Å². The van der Waals surface area contributed by atoms with E-state index in [0.29, 0.717) is 17.5 Å². The van der Waals surface area contributed by atoms with E-state index in [1.54, 1.807) is 0 Å². The fourth-order valence-electron chi connectivity index (χ4n) is 8.49. The maximum atomic E-state index is 5.05. The molecule has 1 heterocycles. The summed E-state index contributed by atoms with van der Waals surface area (Å²) in [5.41, 5.74) is 15.1. The molecule has 0 unspecified atom stereocenters. The lowest BCUT2D eigenvalue weighted by molar-refractivity contribution is 1.07. The van der Waals surface area contributed by atoms with E-state index in [4.69, 9.17) is 15.0 Å². The van der Waals surface area contributed by atoms with E-state index in [0.717, 1.165) is 27.8 Å². The first-order valence-corrected chi connectivity index (χ1v) is 19.0. The van der Waals surface area contributed by atoms with Crippen LogP contribution in [0.25, 0.3) is 111 Å². The maximum absolute atomic E-state index is 5.05. The highest BCUT2D eigenvalue weighted by molar-refractivity contribution is 6.18. The Morgan fingerprint density at radius 1 is 0.250 bits per heavy atom. The third-order valence-electron chi connectivity index (χ3n) is 11.1. The Kier molecular flexibility index (Phi) is 7.49. The molecule has 3 nitrogen and oxygen atoms in total. The van der Waals surface area contributed by atoms with Crippen molar-refractivity contribution in [1.82, 2.24) is 15.0 Å². The molecule has 1 aliphatic rings. The largest absolute Gasteiger partial charge is 0.208 e. The van der Waals surface area contributed by atoms with Gasteiger partial charge in [0.1, 0.15) is 0 Å². The van der Waals surface area contributed by atoms with Gasteiger partial charge >= 0.3 is 0 Å². The first-order chi connectivity index (χ1) is 27.8. The third-order valence-corrected chi connectivity index (χ3v) is 11.1. The van der Waals surface area contributed by atoms with Crippen molar-refractivity contribution in [1.29, 1.82) is 0 Å². The molecule has 0 bridgehead atoms. The second kappa shape index (κ2) is 13.1. The minimum absolute atomic E-state index is 0.637. The quantitative estimate of drug-likeness (QED) is 0.172. The van der Waals surface area contributed by atoms with Crippen LogP contribution in [0.5, 0.6) is 0 Å². The van der Waals surface area contributed by atoms with Gasteiger partial charge in [-0.1, -0.05) is 188 Å². The lowest BCUT2D eigenvalue weighted by Crippen LogP contribution is -2.00. The first-order valence-electron chi connectivity index (χ1n) is 19.0. The highest BCUT2D eigenvalue weighted by Crippen LogP contribution is 2.49. The monoisotopic (exact) mass is 711 g/mol. The van der Waals surface area contributed by atoms with Crippen LogP contribution in [0, 0.1) is 0 Å². The summed E-state index contributed by atoms with van der Waals surface area (Å²) in [7, 11) is 0. The molecule has 11 rings (SSSR count). The minimum atomic E-state index is 0.637. The molecule has 0 amide bonds. The van der Waals surface area contributed by atoms with Gasteiger partial charge in [0.25, 0.3) is 0 Å². The Labute approximate surface area is 325 Å². The Morgan fingerprint density at radius 2 is 0.696 bits per heavy atom. The smallest absolute Gasteiger partial charge is 0.164 e. The van der Waals surface area contributed by atoms with Gasteiger partial charge in [-0.15, -0.1) is 0 Å². The number of aromatic nitrogens is 3. The summed E-state index contributed by atoms with van der Waals surface area (Å²) in [6.45, 7) is 0. The predicted molar refractivity (Wildman–Crippen MR) is 232 cm³/mol. The molecular formula is C53H33N3. The second-order valence-corrected chi connectivity index (χ2v) is 14.3. The van der Waals surface area contributed by atoms with E-state index in [1.807, 2.05) is 60.7 Å². The SMILES string of the molecule is c1ccc(-c2nc(-c3ccccc3)nc(-c3cccc(-c4c(-c5cccc(-c6ccc7c8c(cccc68)-c6ccccc6-7)c5)ccc5ccccc45)c3)n2)cc1. The van der Waals surface area contributed by atoms with Gasteiger partial charge in [-0.05, 0) is 89.3 Å². The molecule has 3 heteroatoms. The molecule has 0 N–H and O–H groups in total. The molecule has 1 aliphatic carbocycles. The molecule has 260 valence electrons. The highest BCUT2D eigenvalue weighted by atomic mass is 15.0. The minimum Gasteiger partial charge on any atom is -0.208 e. The van der Waals surface area contributed by atoms with E-state index < -0.39 is 0 Å². The van der Waals surface area contributed by atoms with Crippen LogP contribution in [0.2, 0.25) is 0 Å². The van der Waals surface area contributed by atoms with Crippen molar-refractivity contribution in [3.8, 4) is 89.8 Å². The van der Waals surface area contributed by atoms with Crippen molar-refractivity contribution < 1.29 is 0 Å². The Hall–Kier alpha value is -7.49. The van der Waals surface area contributed by atoms with Crippen molar-refractivity contribution in [3.63, 3.8) is 0 Å². The summed E-state index contributed by atoms with van der Waals surface area (Å²) in [6.07, 6.45) is 0. The van der Waals surface area contributed by atoms with E-state index >= 15 is 0 Å². The van der Waals surface area contributed by atoms with Gasteiger partial charge in [0.15, 0.2) is 17.5 Å². The van der Waals surface area contributed by atoms with E-state index in [9.17, 15) is 0 Å². The molecular weight excluding hydrogens is 679 g/mol. The first kappa shape index (κ1) is 32.0. The van der Waals surface area contributed by atoms with Gasteiger partial charge in [0.05, 0.1) is 0 Å². The Balaban J connectivity index is 1.07. The molecule has 0 radical (unpaired) electrons. The molecule has 10 aromatic rings. The highest BCUT2D eigenvalue weighted by Gasteiger charge is 2.23. The lowest BCUT2D eigenvalue weighted by Gasteiger charge is -2.17. The molecule has 1 aromatic heterocycles. The molecule has 0 atom stereocenters. The molecule has 9 aromatic carbocycles. The Morgan fingerprint density at radius 3 is 1.41 bits per heavy atom. The Bertz CT molecular complexity index is 3040. The van der Waals surface area contributed by atoms with Crippen molar-refractivity contribution in [2.24, 2.45) is 0 Å². The maximum Gasteiger partial charge on any atom is 0.164 e. The van der Waals surface area contributed by atoms with Crippen molar-refractivity contribution in [3.05, 3.63) is 200 Å². The van der Waals surface area contributed by atoms with Gasteiger partial charge in [-0.3, -0.25) is 0 Å². The van der Waals surface area contributed by atoms with Crippen LogP contribution in [-0.2, 0) is 0 Å². The number of nitrogens with zero attached hydrogens (tertiary/aromatic N) is 3. The molecule has 0 saturated heterocycles. The van der Waals surface area contributed by atoms with Crippen LogP contribution >= 0.6 is 0 Å². The summed E-state index contributed by atoms with van der Waals surface area (Å²) < 4.78 is 0. The lowest BCUT2D eigenvalue weighted by atomic mass is 9.87. The molecule has 0 saturated carbocycles. The summed E-state index contributed by atoms with van der Waals surface area (Å²) in [4.78, 5) is 15.0. The summed E-state index contributed by atoms with van der Waals surface area (Å²) in [5.74, 6) is 1.93. The topological polar surface area (TPSA) is 38.7 Å². The summed E-state index contributed by atoms with van der Waals surface area (Å²) in [5, 5.41) is 5.00. The average molecular weight is 712 g/mol. The molecule has 56 heavy (non-hydrogen) atoms. The summed E-state index contributed by atoms with van der Waals surface area (Å²) in [6, 6.07) is 71.2. The molecule has 0 aliphatic heterocycles. The van der Waals surface area contributed by atoms with Crippen molar-refractivity contribution >= 4 is 21.5 Å². The predicted octanol–water partition coefficient (Wildman–Crippen LogP) is 13.8. The van der Waals surface area contributed by atoms with Gasteiger partial charge in [0, 0.05) is 16.7 Å². The van der Waals surface area contributed by atoms with Crippen LogP contribution < -0.4 is 0 Å². The van der Waals surface area contributed by atoms with Crippen LogP contribution in [0.15, 0.2) is 200 Å². The zero-order valence-corrected chi connectivity index (χ0v) is 30.4. The molecule has 0 fully saturated rings.